The van der Waals surface area contributed by atoms with Gasteiger partial charge in [-0.15, -0.1) is 0 Å². The van der Waals surface area contributed by atoms with Crippen LogP contribution in [0, 0.1) is 0 Å². The van der Waals surface area contributed by atoms with Crippen molar-refractivity contribution < 1.29 is 13.2 Å². The highest BCUT2D eigenvalue weighted by Gasteiger charge is 2.35. The highest BCUT2D eigenvalue weighted by atomic mass is 35.5. The van der Waals surface area contributed by atoms with Crippen molar-refractivity contribution in [3.63, 3.8) is 0 Å². The zero-order chi connectivity index (χ0) is 19.4. The molecule has 1 aliphatic heterocycles. The molecular weight excluding hydrogens is 388 g/mol. The van der Waals surface area contributed by atoms with Crippen LogP contribution in [0.15, 0.2) is 42.9 Å². The summed E-state index contributed by atoms with van der Waals surface area (Å²) in [6.07, 6.45) is 5.77. The van der Waals surface area contributed by atoms with E-state index in [0.717, 1.165) is 0 Å². The minimum Gasteiger partial charge on any atom is -0.337 e. The Bertz CT molecular complexity index is 908. The van der Waals surface area contributed by atoms with E-state index in [0.29, 0.717) is 35.7 Å². The number of likely N-dealkylation sites (tertiary alicyclic amines) is 1. The number of hydrogen-bond donors (Lipinski definition) is 0. The number of amides is 1. The number of aromatic nitrogens is 2. The second-order valence-corrected chi connectivity index (χ2v) is 9.28. The second-order valence-electron chi connectivity index (χ2n) is 6.52. The summed E-state index contributed by atoms with van der Waals surface area (Å²) in [6.45, 7) is 0.846. The predicted octanol–water partition coefficient (Wildman–Crippen LogP) is 2.20. The molecule has 0 unspecified atom stereocenters. The van der Waals surface area contributed by atoms with E-state index in [1.54, 1.807) is 41.6 Å². The van der Waals surface area contributed by atoms with E-state index in [1.165, 1.54) is 17.5 Å². The average molecular weight is 409 g/mol. The Morgan fingerprint density at radius 3 is 2.89 bits per heavy atom. The summed E-state index contributed by atoms with van der Waals surface area (Å²) < 4.78 is 27.2. The van der Waals surface area contributed by atoms with Gasteiger partial charge in [-0.3, -0.25) is 14.8 Å². The average Bonchev–Trinajstić information content (AvgIpc) is 2.68. The highest BCUT2D eigenvalue weighted by Crippen LogP contribution is 2.23. The lowest BCUT2D eigenvalue weighted by atomic mass is 10.1. The van der Waals surface area contributed by atoms with Gasteiger partial charge in [0.1, 0.15) is 0 Å². The minimum absolute atomic E-state index is 0.148. The normalized spacial score (nSPS) is 17.9. The number of carbonyl (C=O) groups is 1. The first-order valence-corrected chi connectivity index (χ1v) is 10.5. The Hall–Kier alpha value is -2.03. The van der Waals surface area contributed by atoms with Crippen LogP contribution in [0.5, 0.6) is 0 Å². The van der Waals surface area contributed by atoms with Gasteiger partial charge in [0.25, 0.3) is 5.91 Å². The fourth-order valence-electron chi connectivity index (χ4n) is 3.15. The van der Waals surface area contributed by atoms with Gasteiger partial charge in [-0.1, -0.05) is 17.7 Å². The van der Waals surface area contributed by atoms with Crippen molar-refractivity contribution >= 4 is 27.5 Å². The SMILES string of the molecule is CN(Cc1cnccn1)S(=O)(=O)[C@@H]1CCCN(C(=O)c2cccc(Cl)c2)C1. The van der Waals surface area contributed by atoms with Crippen molar-refractivity contribution in [2.45, 2.75) is 24.6 Å². The maximum atomic E-state index is 13.0. The molecule has 1 amide bonds. The molecule has 2 aromatic rings. The molecule has 1 fully saturated rings. The Morgan fingerprint density at radius 2 is 2.19 bits per heavy atom. The molecule has 9 heteroatoms. The van der Waals surface area contributed by atoms with E-state index < -0.39 is 15.3 Å². The van der Waals surface area contributed by atoms with E-state index in [1.807, 2.05) is 0 Å². The topological polar surface area (TPSA) is 83.5 Å². The molecule has 0 N–H and O–H groups in total. The van der Waals surface area contributed by atoms with Crippen LogP contribution in [-0.2, 0) is 16.6 Å². The molecule has 3 rings (SSSR count). The first-order chi connectivity index (χ1) is 12.9. The zero-order valence-electron chi connectivity index (χ0n) is 15.0. The lowest BCUT2D eigenvalue weighted by Gasteiger charge is -2.34. The van der Waals surface area contributed by atoms with Crippen LogP contribution in [0.1, 0.15) is 28.9 Å². The number of benzene rings is 1. The third-order valence-electron chi connectivity index (χ3n) is 4.59. The first-order valence-electron chi connectivity index (χ1n) is 8.63. The lowest BCUT2D eigenvalue weighted by molar-refractivity contribution is 0.0725. The monoisotopic (exact) mass is 408 g/mol. The quantitative estimate of drug-likeness (QED) is 0.757. The van der Waals surface area contributed by atoms with Gasteiger partial charge in [0.2, 0.25) is 10.0 Å². The number of halogens is 1. The van der Waals surface area contributed by atoms with Crippen molar-refractivity contribution in [2.75, 3.05) is 20.1 Å². The molecule has 1 aromatic heterocycles. The summed E-state index contributed by atoms with van der Waals surface area (Å²) in [5.74, 6) is -0.200. The van der Waals surface area contributed by atoms with Crippen molar-refractivity contribution in [1.29, 1.82) is 0 Å². The van der Waals surface area contributed by atoms with Crippen molar-refractivity contribution in [1.82, 2.24) is 19.2 Å². The minimum atomic E-state index is -3.57. The molecule has 1 aliphatic rings. The van der Waals surface area contributed by atoms with Crippen molar-refractivity contribution in [2.24, 2.45) is 0 Å². The predicted molar refractivity (Wildman–Crippen MR) is 103 cm³/mol. The summed E-state index contributed by atoms with van der Waals surface area (Å²) in [6, 6.07) is 6.69. The summed E-state index contributed by atoms with van der Waals surface area (Å²) in [5, 5.41) is -0.165. The number of piperidine rings is 1. The molecule has 1 saturated heterocycles. The second kappa shape index (κ2) is 8.33. The van der Waals surface area contributed by atoms with E-state index >= 15 is 0 Å². The lowest BCUT2D eigenvalue weighted by Crippen LogP contribution is -2.48. The molecule has 7 nitrogen and oxygen atoms in total. The molecule has 0 spiro atoms. The molecule has 2 heterocycles. The third-order valence-corrected chi connectivity index (χ3v) is 7.05. The molecule has 1 atom stereocenters. The maximum Gasteiger partial charge on any atom is 0.253 e. The van der Waals surface area contributed by atoms with Gasteiger partial charge in [0, 0.05) is 49.3 Å². The van der Waals surface area contributed by atoms with E-state index in [4.69, 9.17) is 11.6 Å². The number of carbonyl (C=O) groups excluding carboxylic acids is 1. The smallest absolute Gasteiger partial charge is 0.253 e. The number of sulfonamides is 1. The van der Waals surface area contributed by atoms with Crippen LogP contribution < -0.4 is 0 Å². The summed E-state index contributed by atoms with van der Waals surface area (Å²) in [5.41, 5.74) is 1.04. The van der Waals surface area contributed by atoms with Crippen LogP contribution in [0.3, 0.4) is 0 Å². The van der Waals surface area contributed by atoms with E-state index in [9.17, 15) is 13.2 Å². The Balaban J connectivity index is 1.71. The number of hydrogen-bond acceptors (Lipinski definition) is 5. The van der Waals surface area contributed by atoms with Crippen molar-refractivity contribution in [3.05, 3.63) is 59.1 Å². The molecule has 0 aliphatic carbocycles. The Kier molecular flexibility index (Phi) is 6.08. The van der Waals surface area contributed by atoms with Gasteiger partial charge in [0.15, 0.2) is 0 Å². The summed E-state index contributed by atoms with van der Waals surface area (Å²) in [7, 11) is -2.04. The number of nitrogens with zero attached hydrogens (tertiary/aromatic N) is 4. The largest absolute Gasteiger partial charge is 0.337 e. The summed E-state index contributed by atoms with van der Waals surface area (Å²) in [4.78, 5) is 22.4. The van der Waals surface area contributed by atoms with Gasteiger partial charge in [-0.05, 0) is 31.0 Å². The van der Waals surface area contributed by atoms with Gasteiger partial charge >= 0.3 is 0 Å². The van der Waals surface area contributed by atoms with Crippen LogP contribution >= 0.6 is 11.6 Å². The number of rotatable bonds is 5. The molecular formula is C18H21ClN4O3S. The first kappa shape index (κ1) is 19.7. The van der Waals surface area contributed by atoms with Crippen LogP contribution in [0.2, 0.25) is 5.02 Å². The fraction of sp³-hybridized carbons (Fsp3) is 0.389. The van der Waals surface area contributed by atoms with Gasteiger partial charge in [-0.25, -0.2) is 8.42 Å². The van der Waals surface area contributed by atoms with Gasteiger partial charge in [-0.2, -0.15) is 4.31 Å². The molecule has 0 bridgehead atoms. The molecule has 27 heavy (non-hydrogen) atoms. The Labute approximate surface area is 164 Å². The molecule has 0 radical (unpaired) electrons. The standard InChI is InChI=1S/C18H21ClN4O3S/c1-22(12-16-11-20-7-8-21-16)27(25,26)17-6-3-9-23(13-17)18(24)14-4-2-5-15(19)10-14/h2,4-5,7-8,10-11,17H,3,6,9,12-13H2,1H3/t17-/m1/s1. The van der Waals surface area contributed by atoms with Crippen LogP contribution in [0.25, 0.3) is 0 Å². The zero-order valence-corrected chi connectivity index (χ0v) is 16.5. The van der Waals surface area contributed by atoms with Crippen LogP contribution in [-0.4, -0.2) is 58.9 Å². The fourth-order valence-corrected chi connectivity index (χ4v) is 5.00. The maximum absolute atomic E-state index is 13.0. The van der Waals surface area contributed by atoms with Crippen molar-refractivity contribution in [3.8, 4) is 0 Å². The molecule has 0 saturated carbocycles. The molecule has 1 aromatic carbocycles. The third kappa shape index (κ3) is 4.63. The van der Waals surface area contributed by atoms with Crippen LogP contribution in [0.4, 0.5) is 0 Å². The molecule has 144 valence electrons. The van der Waals surface area contributed by atoms with E-state index in [2.05, 4.69) is 9.97 Å². The van der Waals surface area contributed by atoms with E-state index in [-0.39, 0.29) is 19.0 Å². The summed E-state index contributed by atoms with van der Waals surface area (Å²) >= 11 is 5.96. The Morgan fingerprint density at radius 1 is 1.37 bits per heavy atom. The van der Waals surface area contributed by atoms with Gasteiger partial charge in [0.05, 0.1) is 17.5 Å². The van der Waals surface area contributed by atoms with Gasteiger partial charge < -0.3 is 4.90 Å². The highest BCUT2D eigenvalue weighted by molar-refractivity contribution is 7.89.